The van der Waals surface area contributed by atoms with Gasteiger partial charge in [-0.3, -0.25) is 4.99 Å². The topological polar surface area (TPSA) is 110 Å². The molecule has 0 spiro atoms. The number of anilines is 2. The molecular formula is C23H19ClFN7O. The molecule has 0 unspecified atom stereocenters. The Kier molecular flexibility index (Phi) is 6.61. The fourth-order valence-corrected chi connectivity index (χ4v) is 3.15. The predicted molar refractivity (Wildman–Crippen MR) is 129 cm³/mol. The van der Waals surface area contributed by atoms with Crippen molar-refractivity contribution in [1.82, 2.24) is 15.4 Å². The molecule has 0 saturated carbocycles. The standard InChI is InChI=1S/C23H19ClFN7O/c1-27-23(26)32-30-12-14-5-7-20-18(9-14)22(29-13-28-20)31-16-6-8-21(19(24)11-16)33-17-4-2-3-15(25)10-17/h2-13H,1H3,(H3,26,27,32)(H,28,29,31). The number of nitrogens with two attached hydrogens (primary N) is 1. The monoisotopic (exact) mass is 463 g/mol. The van der Waals surface area contributed by atoms with Crippen LogP contribution in [0.15, 0.2) is 77.1 Å². The highest BCUT2D eigenvalue weighted by Crippen LogP contribution is 2.33. The third kappa shape index (κ3) is 5.52. The summed E-state index contributed by atoms with van der Waals surface area (Å²) in [6, 6.07) is 16.7. The summed E-state index contributed by atoms with van der Waals surface area (Å²) < 4.78 is 19.1. The minimum atomic E-state index is -0.389. The zero-order valence-corrected chi connectivity index (χ0v) is 18.2. The van der Waals surface area contributed by atoms with Gasteiger partial charge in [0.1, 0.15) is 29.5 Å². The van der Waals surface area contributed by atoms with Gasteiger partial charge in [0, 0.05) is 24.2 Å². The Bertz CT molecular complexity index is 1360. The largest absolute Gasteiger partial charge is 0.456 e. The Hall–Kier alpha value is -4.24. The Labute approximate surface area is 194 Å². The van der Waals surface area contributed by atoms with Gasteiger partial charge >= 0.3 is 0 Å². The van der Waals surface area contributed by atoms with Crippen molar-refractivity contribution in [3.63, 3.8) is 0 Å². The second-order valence-corrected chi connectivity index (χ2v) is 7.21. The molecule has 8 nitrogen and oxygen atoms in total. The number of nitrogens with zero attached hydrogens (tertiary/aromatic N) is 4. The van der Waals surface area contributed by atoms with Gasteiger partial charge in [-0.1, -0.05) is 23.7 Å². The van der Waals surface area contributed by atoms with Crippen LogP contribution in [0.5, 0.6) is 11.5 Å². The number of guanidine groups is 1. The summed E-state index contributed by atoms with van der Waals surface area (Å²) in [6.07, 6.45) is 3.09. The molecule has 10 heteroatoms. The Morgan fingerprint density at radius 2 is 2.00 bits per heavy atom. The fourth-order valence-electron chi connectivity index (χ4n) is 2.93. The molecule has 3 aromatic carbocycles. The van der Waals surface area contributed by atoms with Crippen molar-refractivity contribution in [2.75, 3.05) is 12.4 Å². The van der Waals surface area contributed by atoms with Crippen molar-refractivity contribution in [2.45, 2.75) is 0 Å². The maximum absolute atomic E-state index is 13.4. The van der Waals surface area contributed by atoms with Crippen LogP contribution in [0.1, 0.15) is 5.56 Å². The van der Waals surface area contributed by atoms with Crippen LogP contribution in [-0.4, -0.2) is 29.2 Å². The van der Waals surface area contributed by atoms with E-state index in [9.17, 15) is 4.39 Å². The van der Waals surface area contributed by atoms with Gasteiger partial charge in [0.05, 0.1) is 16.8 Å². The fraction of sp³-hybridized carbons (Fsp3) is 0.0435. The number of halogens is 2. The third-order valence-electron chi connectivity index (χ3n) is 4.51. The number of nitrogens with one attached hydrogen (secondary N) is 2. The van der Waals surface area contributed by atoms with Gasteiger partial charge in [-0.2, -0.15) is 5.10 Å². The Balaban J connectivity index is 1.56. The van der Waals surface area contributed by atoms with Crippen LogP contribution in [0.2, 0.25) is 5.02 Å². The molecule has 1 aromatic heterocycles. The summed E-state index contributed by atoms with van der Waals surface area (Å²) in [7, 11) is 1.57. The van der Waals surface area contributed by atoms with Gasteiger partial charge in [0.15, 0.2) is 0 Å². The van der Waals surface area contributed by atoms with E-state index in [0.29, 0.717) is 28.0 Å². The van der Waals surface area contributed by atoms with E-state index in [0.717, 1.165) is 16.5 Å². The minimum absolute atomic E-state index is 0.208. The molecule has 0 saturated heterocycles. The van der Waals surface area contributed by atoms with E-state index < -0.39 is 0 Å². The minimum Gasteiger partial charge on any atom is -0.456 e. The first-order valence-corrected chi connectivity index (χ1v) is 10.2. The highest BCUT2D eigenvalue weighted by molar-refractivity contribution is 6.32. The van der Waals surface area contributed by atoms with E-state index in [1.165, 1.54) is 18.5 Å². The average molecular weight is 464 g/mol. The summed E-state index contributed by atoms with van der Waals surface area (Å²) in [4.78, 5) is 12.4. The molecule has 1 heterocycles. The molecule has 0 aliphatic rings. The highest BCUT2D eigenvalue weighted by Gasteiger charge is 2.09. The van der Waals surface area contributed by atoms with E-state index in [1.54, 1.807) is 43.6 Å². The van der Waals surface area contributed by atoms with Crippen LogP contribution in [0.25, 0.3) is 10.9 Å². The van der Waals surface area contributed by atoms with E-state index >= 15 is 0 Å². The van der Waals surface area contributed by atoms with Crippen molar-refractivity contribution < 1.29 is 9.13 Å². The van der Waals surface area contributed by atoms with Crippen molar-refractivity contribution >= 4 is 46.2 Å². The van der Waals surface area contributed by atoms with Crippen LogP contribution in [-0.2, 0) is 0 Å². The normalized spacial score (nSPS) is 11.7. The van der Waals surface area contributed by atoms with Crippen LogP contribution >= 0.6 is 11.6 Å². The molecule has 0 fully saturated rings. The molecule has 33 heavy (non-hydrogen) atoms. The van der Waals surface area contributed by atoms with Gasteiger partial charge < -0.3 is 15.8 Å². The first-order chi connectivity index (χ1) is 16.0. The molecule has 0 atom stereocenters. The molecule has 166 valence electrons. The summed E-state index contributed by atoms with van der Waals surface area (Å²) in [6.45, 7) is 0. The summed E-state index contributed by atoms with van der Waals surface area (Å²) in [5, 5.41) is 8.44. The van der Waals surface area contributed by atoms with E-state index in [2.05, 4.69) is 30.8 Å². The molecule has 0 amide bonds. The van der Waals surface area contributed by atoms with Crippen molar-refractivity contribution in [3.05, 3.63) is 83.4 Å². The average Bonchev–Trinajstić information content (AvgIpc) is 2.81. The quantitative estimate of drug-likeness (QED) is 0.215. The molecule has 4 rings (SSSR count). The first-order valence-electron chi connectivity index (χ1n) is 9.78. The molecule has 0 radical (unpaired) electrons. The van der Waals surface area contributed by atoms with E-state index in [-0.39, 0.29) is 11.8 Å². The van der Waals surface area contributed by atoms with Gasteiger partial charge in [-0.15, -0.1) is 0 Å². The van der Waals surface area contributed by atoms with E-state index in [1.807, 2.05) is 18.2 Å². The first kappa shape index (κ1) is 22.0. The number of hydrogen-bond donors (Lipinski definition) is 3. The smallest absolute Gasteiger partial charge is 0.209 e. The number of hydrogen-bond acceptors (Lipinski definition) is 6. The van der Waals surface area contributed by atoms with Gasteiger partial charge in [-0.05, 0) is 48.0 Å². The molecule has 0 aliphatic heterocycles. The zero-order valence-electron chi connectivity index (χ0n) is 17.5. The third-order valence-corrected chi connectivity index (χ3v) is 4.81. The highest BCUT2D eigenvalue weighted by atomic mass is 35.5. The number of aromatic nitrogens is 2. The number of rotatable bonds is 6. The van der Waals surface area contributed by atoms with Crippen molar-refractivity contribution in [1.29, 1.82) is 0 Å². The van der Waals surface area contributed by atoms with Gasteiger partial charge in [-0.25, -0.2) is 19.8 Å². The lowest BCUT2D eigenvalue weighted by Crippen LogP contribution is -2.26. The van der Waals surface area contributed by atoms with E-state index in [4.69, 9.17) is 22.1 Å². The number of ether oxygens (including phenoxy) is 1. The maximum Gasteiger partial charge on any atom is 0.209 e. The van der Waals surface area contributed by atoms with Gasteiger partial charge in [0.2, 0.25) is 5.96 Å². The SMILES string of the molecule is CN=C(N)NN=Cc1ccc2ncnc(Nc3ccc(Oc4cccc(F)c4)c(Cl)c3)c2c1. The zero-order chi connectivity index (χ0) is 23.2. The lowest BCUT2D eigenvalue weighted by molar-refractivity contribution is 0.477. The van der Waals surface area contributed by atoms with Crippen molar-refractivity contribution in [2.24, 2.45) is 15.8 Å². The molecule has 0 aliphatic carbocycles. The second kappa shape index (κ2) is 9.92. The Morgan fingerprint density at radius 1 is 1.12 bits per heavy atom. The molecule has 4 N–H and O–H groups in total. The van der Waals surface area contributed by atoms with Crippen LogP contribution in [0.4, 0.5) is 15.9 Å². The molecule has 0 bridgehead atoms. The summed E-state index contributed by atoms with van der Waals surface area (Å²) in [5.74, 6) is 1.17. The van der Waals surface area contributed by atoms with Crippen molar-refractivity contribution in [3.8, 4) is 11.5 Å². The second-order valence-electron chi connectivity index (χ2n) is 6.81. The number of fused-ring (bicyclic) bond motifs is 1. The summed E-state index contributed by atoms with van der Waals surface area (Å²) >= 11 is 6.39. The van der Waals surface area contributed by atoms with Crippen LogP contribution in [0, 0.1) is 5.82 Å². The lowest BCUT2D eigenvalue weighted by atomic mass is 10.1. The molecular weight excluding hydrogens is 445 g/mol. The van der Waals surface area contributed by atoms with Gasteiger partial charge in [0.25, 0.3) is 0 Å². The number of aliphatic imine (C=N–C) groups is 1. The maximum atomic E-state index is 13.4. The van der Waals surface area contributed by atoms with Crippen LogP contribution in [0.3, 0.4) is 0 Å². The summed E-state index contributed by atoms with van der Waals surface area (Å²) in [5.41, 5.74) is 10.4. The van der Waals surface area contributed by atoms with Crippen LogP contribution < -0.4 is 21.2 Å². The number of benzene rings is 3. The number of hydrazone groups is 1. The molecule has 4 aromatic rings. The predicted octanol–water partition coefficient (Wildman–Crippen LogP) is 4.83. The Morgan fingerprint density at radius 3 is 2.79 bits per heavy atom. The lowest BCUT2D eigenvalue weighted by Gasteiger charge is -2.12.